The van der Waals surface area contributed by atoms with Gasteiger partial charge in [-0.15, -0.1) is 0 Å². The fourth-order valence-corrected chi connectivity index (χ4v) is 6.80. The molecule has 0 N–H and O–H groups in total. The Morgan fingerprint density at radius 2 is 1.94 bits per heavy atom. The van der Waals surface area contributed by atoms with Gasteiger partial charge in [0.25, 0.3) is 5.56 Å². The maximum Gasteiger partial charge on any atom is 0.266 e. The molecule has 3 aromatic rings. The summed E-state index contributed by atoms with van der Waals surface area (Å²) in [6, 6.07) is 12.7. The molecule has 4 rings (SSSR count). The maximum absolute atomic E-state index is 13.4. The molecule has 1 aromatic heterocycles. The Bertz CT molecular complexity index is 1380. The lowest BCUT2D eigenvalue weighted by Crippen LogP contribution is -2.42. The molecule has 0 bridgehead atoms. The van der Waals surface area contributed by atoms with Crippen LogP contribution in [0.3, 0.4) is 0 Å². The number of para-hydroxylation sites is 1. The zero-order chi connectivity index (χ0) is 23.8. The van der Waals surface area contributed by atoms with Crippen LogP contribution in [0.2, 0.25) is 0 Å². The number of thioether (sulfide) groups is 1. The minimum absolute atomic E-state index is 0.0127. The van der Waals surface area contributed by atoms with E-state index < -0.39 is 9.84 Å². The lowest BCUT2D eigenvalue weighted by Gasteiger charge is -2.26. The number of hydrogen-bond acceptors (Lipinski definition) is 6. The van der Waals surface area contributed by atoms with Gasteiger partial charge in [-0.25, -0.2) is 13.4 Å². The van der Waals surface area contributed by atoms with E-state index in [2.05, 4.69) is 0 Å². The molecule has 9 heteroatoms. The predicted octanol–water partition coefficient (Wildman–Crippen LogP) is 3.13. The highest BCUT2D eigenvalue weighted by molar-refractivity contribution is 7.99. The van der Waals surface area contributed by atoms with Gasteiger partial charge in [-0.05, 0) is 62.6 Å². The van der Waals surface area contributed by atoms with Crippen LogP contribution in [-0.4, -0.2) is 58.6 Å². The van der Waals surface area contributed by atoms with Gasteiger partial charge in [0.2, 0.25) is 5.91 Å². The second-order valence-electron chi connectivity index (χ2n) is 8.35. The summed E-state index contributed by atoms with van der Waals surface area (Å²) in [5, 5.41) is 0.947. The second kappa shape index (κ2) is 9.30. The van der Waals surface area contributed by atoms with Crippen LogP contribution in [0.5, 0.6) is 0 Å². The molecule has 33 heavy (non-hydrogen) atoms. The molecule has 2 heterocycles. The van der Waals surface area contributed by atoms with Crippen molar-refractivity contribution in [2.45, 2.75) is 38.4 Å². The highest BCUT2D eigenvalue weighted by atomic mass is 32.2. The number of nitrogens with zero attached hydrogens (tertiary/aromatic N) is 3. The number of hydrogen-bond donors (Lipinski definition) is 0. The third-order valence-corrected chi connectivity index (χ3v) is 8.80. The number of rotatable bonds is 6. The quantitative estimate of drug-likeness (QED) is 0.394. The summed E-state index contributed by atoms with van der Waals surface area (Å²) in [5.74, 6) is 0.0463. The molecule has 1 aliphatic heterocycles. The number of sulfone groups is 1. The Morgan fingerprint density at radius 3 is 2.61 bits per heavy atom. The van der Waals surface area contributed by atoms with E-state index >= 15 is 0 Å². The average molecular weight is 486 g/mol. The summed E-state index contributed by atoms with van der Waals surface area (Å²) in [7, 11) is -3.09. The van der Waals surface area contributed by atoms with Crippen molar-refractivity contribution in [3.63, 3.8) is 0 Å². The number of carbonyl (C=O) groups is 1. The van der Waals surface area contributed by atoms with Crippen LogP contribution in [0.15, 0.2) is 52.4 Å². The molecule has 1 atom stereocenters. The van der Waals surface area contributed by atoms with Gasteiger partial charge in [-0.1, -0.05) is 30.0 Å². The van der Waals surface area contributed by atoms with Gasteiger partial charge in [-0.2, -0.15) is 0 Å². The molecule has 1 fully saturated rings. The van der Waals surface area contributed by atoms with E-state index in [0.717, 1.165) is 11.1 Å². The van der Waals surface area contributed by atoms with E-state index in [1.165, 1.54) is 11.8 Å². The Morgan fingerprint density at radius 1 is 1.18 bits per heavy atom. The monoisotopic (exact) mass is 485 g/mol. The standard InChI is InChI=1S/C24H27N3O4S2/c1-4-26(19-11-12-33(30,31)15-19)22(28)14-32-24-25-21-8-6-5-7-20(21)23(29)27(24)18-10-9-16(2)17(3)13-18/h5-10,13,19H,4,11-12,14-15H2,1-3H3. The molecular formula is C24H27N3O4S2. The first kappa shape index (κ1) is 23.5. The fraction of sp³-hybridized carbons (Fsp3) is 0.375. The van der Waals surface area contributed by atoms with Crippen LogP contribution in [-0.2, 0) is 14.6 Å². The van der Waals surface area contributed by atoms with E-state index in [0.29, 0.717) is 34.7 Å². The number of aryl methyl sites for hydroxylation is 2. The second-order valence-corrected chi connectivity index (χ2v) is 11.5. The number of benzene rings is 2. The summed E-state index contributed by atoms with van der Waals surface area (Å²) in [5.41, 5.74) is 3.26. The summed E-state index contributed by atoms with van der Waals surface area (Å²) in [6.07, 6.45) is 0.466. The first-order valence-corrected chi connectivity index (χ1v) is 13.7. The number of aromatic nitrogens is 2. The molecule has 1 saturated heterocycles. The van der Waals surface area contributed by atoms with Crippen molar-refractivity contribution in [3.8, 4) is 5.69 Å². The Kier molecular flexibility index (Phi) is 6.63. The molecule has 1 aliphatic rings. The maximum atomic E-state index is 13.4. The van der Waals surface area contributed by atoms with E-state index in [-0.39, 0.29) is 34.8 Å². The average Bonchev–Trinajstić information content (AvgIpc) is 3.14. The highest BCUT2D eigenvalue weighted by Crippen LogP contribution is 2.24. The fourth-order valence-electron chi connectivity index (χ4n) is 4.17. The zero-order valence-electron chi connectivity index (χ0n) is 18.9. The van der Waals surface area contributed by atoms with Crippen LogP contribution >= 0.6 is 11.8 Å². The van der Waals surface area contributed by atoms with Gasteiger partial charge < -0.3 is 4.90 Å². The molecule has 1 amide bonds. The first-order chi connectivity index (χ1) is 15.7. The minimum atomic E-state index is -3.09. The molecule has 174 valence electrons. The SMILES string of the molecule is CCN(C(=O)CSc1nc2ccccc2c(=O)n1-c1ccc(C)c(C)c1)C1CCS(=O)(=O)C1. The lowest BCUT2D eigenvalue weighted by atomic mass is 10.1. The van der Waals surface area contributed by atoms with Gasteiger partial charge in [0.15, 0.2) is 15.0 Å². The number of fused-ring (bicyclic) bond motifs is 1. The highest BCUT2D eigenvalue weighted by Gasteiger charge is 2.34. The van der Waals surface area contributed by atoms with Gasteiger partial charge in [-0.3, -0.25) is 14.2 Å². The smallest absolute Gasteiger partial charge is 0.266 e. The summed E-state index contributed by atoms with van der Waals surface area (Å²) in [6.45, 7) is 6.29. The molecule has 0 saturated carbocycles. The topological polar surface area (TPSA) is 89.3 Å². The summed E-state index contributed by atoms with van der Waals surface area (Å²) < 4.78 is 25.3. The lowest BCUT2D eigenvalue weighted by molar-refractivity contribution is -0.129. The summed E-state index contributed by atoms with van der Waals surface area (Å²) >= 11 is 1.20. The molecule has 2 aromatic carbocycles. The van der Waals surface area contributed by atoms with Crippen LogP contribution < -0.4 is 5.56 Å². The third kappa shape index (κ3) is 4.84. The Balaban J connectivity index is 1.69. The largest absolute Gasteiger partial charge is 0.338 e. The molecule has 0 aliphatic carbocycles. The van der Waals surface area contributed by atoms with Crippen molar-refractivity contribution in [2.24, 2.45) is 0 Å². The summed E-state index contributed by atoms with van der Waals surface area (Å²) in [4.78, 5) is 32.8. The molecule has 1 unspecified atom stereocenters. The van der Waals surface area contributed by atoms with Crippen LogP contribution in [0.1, 0.15) is 24.5 Å². The van der Waals surface area contributed by atoms with E-state index in [9.17, 15) is 18.0 Å². The van der Waals surface area contributed by atoms with Crippen LogP contribution in [0.25, 0.3) is 16.6 Å². The third-order valence-electron chi connectivity index (χ3n) is 6.13. The van der Waals surface area contributed by atoms with E-state index in [1.54, 1.807) is 27.7 Å². The van der Waals surface area contributed by atoms with Crippen molar-refractivity contribution in [1.29, 1.82) is 0 Å². The number of amides is 1. The van der Waals surface area contributed by atoms with Gasteiger partial charge in [0, 0.05) is 12.6 Å². The van der Waals surface area contributed by atoms with Crippen LogP contribution in [0, 0.1) is 13.8 Å². The minimum Gasteiger partial charge on any atom is -0.338 e. The molecular weight excluding hydrogens is 458 g/mol. The van der Waals surface area contributed by atoms with Crippen molar-refractivity contribution in [3.05, 3.63) is 63.9 Å². The normalized spacial score (nSPS) is 17.4. The molecule has 0 spiro atoms. The zero-order valence-corrected chi connectivity index (χ0v) is 20.6. The first-order valence-electron chi connectivity index (χ1n) is 10.9. The van der Waals surface area contributed by atoms with Crippen LogP contribution in [0.4, 0.5) is 0 Å². The van der Waals surface area contributed by atoms with Gasteiger partial charge in [0.05, 0.1) is 33.8 Å². The van der Waals surface area contributed by atoms with E-state index in [4.69, 9.17) is 4.98 Å². The number of carbonyl (C=O) groups excluding carboxylic acids is 1. The Hall–Kier alpha value is -2.65. The van der Waals surface area contributed by atoms with Crippen molar-refractivity contribution >= 4 is 38.4 Å². The van der Waals surface area contributed by atoms with Crippen molar-refractivity contribution in [2.75, 3.05) is 23.8 Å². The van der Waals surface area contributed by atoms with Gasteiger partial charge >= 0.3 is 0 Å². The predicted molar refractivity (Wildman–Crippen MR) is 132 cm³/mol. The van der Waals surface area contributed by atoms with Crippen molar-refractivity contribution in [1.82, 2.24) is 14.5 Å². The van der Waals surface area contributed by atoms with Crippen molar-refractivity contribution < 1.29 is 13.2 Å². The van der Waals surface area contributed by atoms with E-state index in [1.807, 2.05) is 45.0 Å². The molecule has 7 nitrogen and oxygen atoms in total. The Labute approximate surface area is 197 Å². The van der Waals surface area contributed by atoms with Gasteiger partial charge in [0.1, 0.15) is 0 Å². The molecule has 0 radical (unpaired) electrons.